The molecule has 3 N–H and O–H groups in total. The quantitative estimate of drug-likeness (QED) is 0.398. The van der Waals surface area contributed by atoms with E-state index in [2.05, 4.69) is 4.98 Å². The Bertz CT molecular complexity index is 1710. The van der Waals surface area contributed by atoms with Crippen LogP contribution in [0.4, 0.5) is 10.2 Å². The zero-order valence-corrected chi connectivity index (χ0v) is 19.8. The minimum absolute atomic E-state index is 0.0776. The molecule has 0 amide bonds. The maximum Gasteiger partial charge on any atom is 0.263 e. The maximum absolute atomic E-state index is 13.9. The molecule has 1 aliphatic carbocycles. The Kier molecular flexibility index (Phi) is 4.87. The van der Waals surface area contributed by atoms with Crippen molar-refractivity contribution in [3.8, 4) is 22.7 Å². The number of rotatable bonds is 4. The molecule has 2 aromatic carbocycles. The number of hydrogen-bond acceptors (Lipinski definition) is 6. The van der Waals surface area contributed by atoms with Crippen LogP contribution in [-0.4, -0.2) is 36.8 Å². The molecular formula is C27H24FN5O3. The van der Waals surface area contributed by atoms with Crippen LogP contribution < -0.4 is 16.0 Å². The van der Waals surface area contributed by atoms with Crippen molar-refractivity contribution >= 4 is 22.1 Å². The second kappa shape index (κ2) is 7.89. The minimum Gasteiger partial charge on any atom is -0.495 e. The van der Waals surface area contributed by atoms with Gasteiger partial charge in [0.15, 0.2) is 0 Å². The monoisotopic (exact) mass is 485 g/mol. The first-order valence-electron chi connectivity index (χ1n) is 11.6. The van der Waals surface area contributed by atoms with Crippen molar-refractivity contribution in [2.75, 3.05) is 12.8 Å². The van der Waals surface area contributed by atoms with Gasteiger partial charge in [-0.3, -0.25) is 13.8 Å². The number of pyridine rings is 1. The number of halogens is 1. The highest BCUT2D eigenvalue weighted by molar-refractivity contribution is 5.94. The molecule has 1 aliphatic rings. The summed E-state index contributed by atoms with van der Waals surface area (Å²) in [5.41, 5.74) is 7.58. The van der Waals surface area contributed by atoms with Crippen molar-refractivity contribution in [1.29, 1.82) is 0 Å². The van der Waals surface area contributed by atoms with E-state index < -0.39 is 11.4 Å². The van der Waals surface area contributed by atoms with E-state index in [0.29, 0.717) is 57.6 Å². The van der Waals surface area contributed by atoms with E-state index in [1.165, 1.54) is 23.8 Å². The second-order valence-electron chi connectivity index (χ2n) is 9.56. The predicted octanol–water partition coefficient (Wildman–Crippen LogP) is 4.06. The summed E-state index contributed by atoms with van der Waals surface area (Å²) >= 11 is 0. The number of fused-ring (bicyclic) bond motifs is 2. The molecule has 8 nitrogen and oxygen atoms in total. The number of ether oxygens (including phenoxy) is 1. The summed E-state index contributed by atoms with van der Waals surface area (Å²) in [6.45, 7) is 1.82. The van der Waals surface area contributed by atoms with Gasteiger partial charge in [0.2, 0.25) is 0 Å². The van der Waals surface area contributed by atoms with E-state index in [1.54, 1.807) is 30.6 Å². The zero-order chi connectivity index (χ0) is 25.2. The van der Waals surface area contributed by atoms with E-state index in [4.69, 9.17) is 15.5 Å². The standard InChI is InChI=1S/C27H24FN5O3/c1-27(35)12-16(13-27)25-31-22(23-24(29)30-8-9-32(23)25)15-6-7-19-20(10-15)26(34)33(14-21(19)36-2)18-5-3-4-17(28)11-18/h3-11,14,16,35H,12-13H2,1-2H3,(H2,29,30). The van der Waals surface area contributed by atoms with Gasteiger partial charge in [-0.15, -0.1) is 0 Å². The summed E-state index contributed by atoms with van der Waals surface area (Å²) in [6.07, 6.45) is 6.19. The Balaban J connectivity index is 1.57. The van der Waals surface area contributed by atoms with Crippen molar-refractivity contribution in [3.05, 3.63) is 83.1 Å². The summed E-state index contributed by atoms with van der Waals surface area (Å²) in [5, 5.41) is 11.3. The molecular weight excluding hydrogens is 461 g/mol. The fourth-order valence-electron chi connectivity index (χ4n) is 5.20. The number of imidazole rings is 1. The molecule has 182 valence electrons. The number of nitrogens with two attached hydrogens (primary N) is 1. The zero-order valence-electron chi connectivity index (χ0n) is 19.8. The van der Waals surface area contributed by atoms with Gasteiger partial charge < -0.3 is 15.6 Å². The summed E-state index contributed by atoms with van der Waals surface area (Å²) in [5.74, 6) is 1.23. The van der Waals surface area contributed by atoms with Crippen molar-refractivity contribution in [1.82, 2.24) is 18.9 Å². The van der Waals surface area contributed by atoms with E-state index >= 15 is 0 Å². The van der Waals surface area contributed by atoms with Gasteiger partial charge in [0.1, 0.15) is 34.4 Å². The first kappa shape index (κ1) is 22.2. The van der Waals surface area contributed by atoms with Crippen LogP contribution in [0.25, 0.3) is 33.2 Å². The minimum atomic E-state index is -0.712. The summed E-state index contributed by atoms with van der Waals surface area (Å²) < 4.78 is 22.8. The Morgan fingerprint density at radius 2 is 2.00 bits per heavy atom. The van der Waals surface area contributed by atoms with Crippen LogP contribution in [0, 0.1) is 5.82 Å². The molecule has 1 fully saturated rings. The van der Waals surface area contributed by atoms with Crippen molar-refractivity contribution in [3.63, 3.8) is 0 Å². The van der Waals surface area contributed by atoms with E-state index in [-0.39, 0.29) is 11.5 Å². The Labute approximate surface area is 205 Å². The second-order valence-corrected chi connectivity index (χ2v) is 9.56. The average Bonchev–Trinajstić information content (AvgIpc) is 3.23. The molecule has 5 aromatic rings. The Hall–Kier alpha value is -4.24. The Morgan fingerprint density at radius 3 is 2.72 bits per heavy atom. The highest BCUT2D eigenvalue weighted by Crippen LogP contribution is 2.45. The number of nitrogen functional groups attached to an aromatic ring is 1. The van der Waals surface area contributed by atoms with Gasteiger partial charge in [-0.2, -0.15) is 0 Å². The fraction of sp³-hybridized carbons (Fsp3) is 0.222. The molecule has 0 saturated heterocycles. The maximum atomic E-state index is 13.9. The molecule has 1 saturated carbocycles. The SMILES string of the molecule is COc1cn(-c2cccc(F)c2)c(=O)c2cc(-c3nc(C4CC(C)(O)C4)n4ccnc(N)c34)ccc12. The largest absolute Gasteiger partial charge is 0.495 e. The average molecular weight is 486 g/mol. The van der Waals surface area contributed by atoms with Crippen molar-refractivity contribution in [2.24, 2.45) is 0 Å². The van der Waals surface area contributed by atoms with Crippen LogP contribution in [0.1, 0.15) is 31.5 Å². The van der Waals surface area contributed by atoms with Gasteiger partial charge >= 0.3 is 0 Å². The first-order chi connectivity index (χ1) is 17.3. The first-order valence-corrected chi connectivity index (χ1v) is 11.6. The highest BCUT2D eigenvalue weighted by Gasteiger charge is 2.41. The van der Waals surface area contributed by atoms with Crippen LogP contribution in [-0.2, 0) is 0 Å². The van der Waals surface area contributed by atoms with Crippen LogP contribution in [0.3, 0.4) is 0 Å². The number of benzene rings is 2. The summed E-state index contributed by atoms with van der Waals surface area (Å²) in [4.78, 5) is 22.7. The molecule has 0 unspecified atom stereocenters. The number of methoxy groups -OCH3 is 1. The lowest BCUT2D eigenvalue weighted by atomic mass is 9.72. The van der Waals surface area contributed by atoms with E-state index in [0.717, 1.165) is 5.82 Å². The van der Waals surface area contributed by atoms with Crippen molar-refractivity contribution in [2.45, 2.75) is 31.3 Å². The molecule has 36 heavy (non-hydrogen) atoms. The highest BCUT2D eigenvalue weighted by atomic mass is 19.1. The molecule has 9 heteroatoms. The number of aromatic nitrogens is 4. The molecule has 0 atom stereocenters. The lowest BCUT2D eigenvalue weighted by Crippen LogP contribution is -2.40. The molecule has 0 radical (unpaired) electrons. The van der Waals surface area contributed by atoms with E-state index in [1.807, 2.05) is 29.7 Å². The lowest BCUT2D eigenvalue weighted by Gasteiger charge is -2.40. The molecule has 3 heterocycles. The van der Waals surface area contributed by atoms with Gasteiger partial charge in [-0.05, 0) is 50.1 Å². The third-order valence-electron chi connectivity index (χ3n) is 6.91. The van der Waals surface area contributed by atoms with Crippen LogP contribution >= 0.6 is 0 Å². The summed E-state index contributed by atoms with van der Waals surface area (Å²) in [7, 11) is 1.53. The molecule has 0 aliphatic heterocycles. The van der Waals surface area contributed by atoms with Gasteiger partial charge in [0, 0.05) is 29.3 Å². The normalized spacial score (nSPS) is 19.5. The van der Waals surface area contributed by atoms with Gasteiger partial charge in [-0.1, -0.05) is 12.1 Å². The predicted molar refractivity (Wildman–Crippen MR) is 135 cm³/mol. The number of nitrogens with zero attached hydrogens (tertiary/aromatic N) is 4. The number of aliphatic hydroxyl groups is 1. The fourth-order valence-corrected chi connectivity index (χ4v) is 5.20. The van der Waals surface area contributed by atoms with Crippen LogP contribution in [0.2, 0.25) is 0 Å². The Morgan fingerprint density at radius 1 is 1.19 bits per heavy atom. The third kappa shape index (κ3) is 3.43. The number of anilines is 1. The number of hydrogen-bond donors (Lipinski definition) is 2. The van der Waals surface area contributed by atoms with Gasteiger partial charge in [-0.25, -0.2) is 14.4 Å². The van der Waals surface area contributed by atoms with Gasteiger partial charge in [0.25, 0.3) is 5.56 Å². The third-order valence-corrected chi connectivity index (χ3v) is 6.91. The van der Waals surface area contributed by atoms with Gasteiger partial charge in [0.05, 0.1) is 30.0 Å². The molecule has 3 aromatic heterocycles. The lowest BCUT2D eigenvalue weighted by molar-refractivity contribution is -0.0335. The van der Waals surface area contributed by atoms with E-state index in [9.17, 15) is 14.3 Å². The van der Waals surface area contributed by atoms with Crippen molar-refractivity contribution < 1.29 is 14.2 Å². The molecule has 6 rings (SSSR count). The topological polar surface area (TPSA) is 108 Å². The molecule has 0 bridgehead atoms. The summed E-state index contributed by atoms with van der Waals surface area (Å²) in [6, 6.07) is 11.3. The van der Waals surface area contributed by atoms with Crippen LogP contribution in [0.15, 0.2) is 65.8 Å². The smallest absolute Gasteiger partial charge is 0.263 e. The van der Waals surface area contributed by atoms with Crippen LogP contribution in [0.5, 0.6) is 5.75 Å². The molecule has 0 spiro atoms.